The largest absolute Gasteiger partial charge is 0.481 e. The van der Waals surface area contributed by atoms with Gasteiger partial charge in [-0.2, -0.15) is 0 Å². The Kier molecular flexibility index (Phi) is 5.71. The normalized spacial score (nSPS) is 9.90. The summed E-state index contributed by atoms with van der Waals surface area (Å²) in [6.07, 6.45) is 0.447. The van der Waals surface area contributed by atoms with Gasteiger partial charge in [-0.25, -0.2) is 4.79 Å². The minimum Gasteiger partial charge on any atom is -0.481 e. The number of hydrogen-bond donors (Lipinski definition) is 2. The number of nitrogens with one attached hydrogen (secondary N) is 1. The van der Waals surface area contributed by atoms with Crippen LogP contribution >= 0.6 is 0 Å². The molecule has 0 saturated heterocycles. The highest BCUT2D eigenvalue weighted by atomic mass is 16.4. The van der Waals surface area contributed by atoms with Crippen molar-refractivity contribution < 1.29 is 19.5 Å². The van der Waals surface area contributed by atoms with E-state index in [0.29, 0.717) is 6.42 Å². The molecule has 0 aliphatic carbocycles. The van der Waals surface area contributed by atoms with E-state index >= 15 is 0 Å². The molecule has 0 saturated carbocycles. The Morgan fingerprint density at radius 3 is 2.35 bits per heavy atom. The highest BCUT2D eigenvalue weighted by Gasteiger charge is 2.12. The topological polar surface area (TPSA) is 86.7 Å². The first-order valence-corrected chi connectivity index (χ1v) is 6.22. The van der Waals surface area contributed by atoms with E-state index in [-0.39, 0.29) is 18.9 Å². The van der Waals surface area contributed by atoms with Crippen LogP contribution in [0.25, 0.3) is 0 Å². The summed E-state index contributed by atoms with van der Waals surface area (Å²) < 4.78 is 0. The summed E-state index contributed by atoms with van der Waals surface area (Å²) >= 11 is 0. The highest BCUT2D eigenvalue weighted by molar-refractivity contribution is 5.92. The van der Waals surface area contributed by atoms with Crippen LogP contribution in [0.3, 0.4) is 0 Å². The number of carboxylic acid groups (broad SMARTS) is 1. The lowest BCUT2D eigenvalue weighted by Gasteiger charge is -2.15. The van der Waals surface area contributed by atoms with Crippen LogP contribution in [0.2, 0.25) is 0 Å². The van der Waals surface area contributed by atoms with Crippen LogP contribution < -0.4 is 5.32 Å². The molecule has 6 heteroatoms. The van der Waals surface area contributed by atoms with Gasteiger partial charge in [-0.1, -0.05) is 24.3 Å². The first-order chi connectivity index (χ1) is 9.41. The number of urea groups is 1. The third-order valence-electron chi connectivity index (χ3n) is 2.93. The highest BCUT2D eigenvalue weighted by Crippen LogP contribution is 2.11. The zero-order chi connectivity index (χ0) is 15.1. The van der Waals surface area contributed by atoms with E-state index < -0.39 is 12.0 Å². The minimum atomic E-state index is -0.861. The van der Waals surface area contributed by atoms with Gasteiger partial charge in [0.15, 0.2) is 0 Å². The van der Waals surface area contributed by atoms with Gasteiger partial charge in [0.25, 0.3) is 0 Å². The average Bonchev–Trinajstić information content (AvgIpc) is 2.42. The van der Waals surface area contributed by atoms with Gasteiger partial charge in [0.1, 0.15) is 0 Å². The number of amides is 3. The summed E-state index contributed by atoms with van der Waals surface area (Å²) in [7, 11) is 1.40. The number of rotatable bonds is 5. The average molecular weight is 278 g/mol. The number of carboxylic acids is 1. The number of benzene rings is 1. The van der Waals surface area contributed by atoms with E-state index in [1.807, 2.05) is 24.3 Å². The van der Waals surface area contributed by atoms with Gasteiger partial charge < -0.3 is 10.4 Å². The molecule has 0 aliphatic rings. The Bertz CT molecular complexity index is 514. The maximum Gasteiger partial charge on any atom is 0.324 e. The molecule has 0 aliphatic heterocycles. The Morgan fingerprint density at radius 2 is 1.80 bits per heavy atom. The number of carbonyl (C=O) groups excluding carboxylic acids is 2. The summed E-state index contributed by atoms with van der Waals surface area (Å²) in [6, 6.07) is 6.82. The molecule has 1 aromatic rings. The van der Waals surface area contributed by atoms with Crippen molar-refractivity contribution in [3.05, 3.63) is 35.4 Å². The van der Waals surface area contributed by atoms with E-state index in [1.165, 1.54) is 14.0 Å². The smallest absolute Gasteiger partial charge is 0.324 e. The molecule has 0 heterocycles. The monoisotopic (exact) mass is 278 g/mol. The first kappa shape index (κ1) is 15.7. The third-order valence-corrected chi connectivity index (χ3v) is 2.93. The van der Waals surface area contributed by atoms with Crippen LogP contribution in [0, 0.1) is 0 Å². The summed E-state index contributed by atoms with van der Waals surface area (Å²) in [6.45, 7) is 1.56. The lowest BCUT2D eigenvalue weighted by molar-refractivity contribution is -0.137. The summed E-state index contributed by atoms with van der Waals surface area (Å²) in [4.78, 5) is 34.3. The molecule has 2 N–H and O–H groups in total. The van der Waals surface area contributed by atoms with Gasteiger partial charge in [-0.05, 0) is 17.5 Å². The lowest BCUT2D eigenvalue weighted by Crippen LogP contribution is -2.39. The zero-order valence-electron chi connectivity index (χ0n) is 11.5. The molecule has 1 rings (SSSR count). The van der Waals surface area contributed by atoms with Gasteiger partial charge in [-0.15, -0.1) is 0 Å². The molecule has 6 nitrogen and oxygen atoms in total. The Hall–Kier alpha value is -2.37. The van der Waals surface area contributed by atoms with Crippen molar-refractivity contribution in [2.75, 3.05) is 7.05 Å². The molecule has 3 amide bonds. The number of nitrogens with zero attached hydrogens (tertiary/aromatic N) is 1. The second kappa shape index (κ2) is 7.28. The number of carbonyl (C=O) groups is 3. The van der Waals surface area contributed by atoms with E-state index in [0.717, 1.165) is 16.0 Å². The first-order valence-electron chi connectivity index (χ1n) is 6.22. The molecule has 0 unspecified atom stereocenters. The van der Waals surface area contributed by atoms with Crippen molar-refractivity contribution in [2.24, 2.45) is 0 Å². The van der Waals surface area contributed by atoms with Gasteiger partial charge in [0.05, 0.1) is 0 Å². The van der Waals surface area contributed by atoms with Crippen molar-refractivity contribution in [3.63, 3.8) is 0 Å². The van der Waals surface area contributed by atoms with E-state index in [1.54, 1.807) is 0 Å². The molecule has 0 fully saturated rings. The van der Waals surface area contributed by atoms with Gasteiger partial charge in [0.2, 0.25) is 5.91 Å². The fourth-order valence-corrected chi connectivity index (χ4v) is 1.65. The maximum atomic E-state index is 11.6. The molecular formula is C14H18N2O4. The molecule has 0 atom stereocenters. The van der Waals surface area contributed by atoms with E-state index in [9.17, 15) is 14.4 Å². The Morgan fingerprint density at radius 1 is 1.20 bits per heavy atom. The van der Waals surface area contributed by atoms with Crippen molar-refractivity contribution >= 4 is 17.9 Å². The SMILES string of the molecule is CC(=O)N(C)C(=O)NCc1ccccc1CCC(=O)O. The van der Waals surface area contributed by atoms with Gasteiger partial charge in [0, 0.05) is 26.9 Å². The standard InChI is InChI=1S/C14H18N2O4/c1-10(17)16(2)14(20)15-9-12-6-4-3-5-11(12)7-8-13(18)19/h3-6H,7-9H2,1-2H3,(H,15,20)(H,18,19). The van der Waals surface area contributed by atoms with Crippen molar-refractivity contribution in [1.82, 2.24) is 10.2 Å². The Labute approximate surface area is 117 Å². The van der Waals surface area contributed by atoms with Crippen LogP contribution in [0.1, 0.15) is 24.5 Å². The zero-order valence-corrected chi connectivity index (χ0v) is 11.5. The van der Waals surface area contributed by atoms with Crippen molar-refractivity contribution in [3.8, 4) is 0 Å². The van der Waals surface area contributed by atoms with Gasteiger partial charge in [-0.3, -0.25) is 14.5 Å². The van der Waals surface area contributed by atoms with Crippen LogP contribution in [0.4, 0.5) is 4.79 Å². The molecule has 0 aromatic heterocycles. The predicted molar refractivity (Wildman–Crippen MR) is 73.1 cm³/mol. The molecule has 0 bridgehead atoms. The van der Waals surface area contributed by atoms with E-state index in [4.69, 9.17) is 5.11 Å². The molecule has 1 aromatic carbocycles. The lowest BCUT2D eigenvalue weighted by atomic mass is 10.0. The van der Waals surface area contributed by atoms with Crippen molar-refractivity contribution in [1.29, 1.82) is 0 Å². The fourth-order valence-electron chi connectivity index (χ4n) is 1.65. The maximum absolute atomic E-state index is 11.6. The minimum absolute atomic E-state index is 0.0400. The van der Waals surface area contributed by atoms with Crippen LogP contribution in [-0.4, -0.2) is 35.0 Å². The van der Waals surface area contributed by atoms with Crippen LogP contribution in [-0.2, 0) is 22.6 Å². The summed E-state index contributed by atoms with van der Waals surface area (Å²) in [5.41, 5.74) is 1.72. The molecule has 0 radical (unpaired) electrons. The second-order valence-electron chi connectivity index (χ2n) is 4.40. The molecule has 0 spiro atoms. The molecule has 108 valence electrons. The quantitative estimate of drug-likeness (QED) is 0.852. The summed E-state index contributed by atoms with van der Waals surface area (Å²) in [5, 5.41) is 11.3. The number of aryl methyl sites for hydroxylation is 1. The molecule has 20 heavy (non-hydrogen) atoms. The third kappa shape index (κ3) is 4.72. The van der Waals surface area contributed by atoms with Crippen molar-refractivity contribution in [2.45, 2.75) is 26.3 Å². The number of aliphatic carboxylic acids is 1. The second-order valence-corrected chi connectivity index (χ2v) is 4.40. The van der Waals surface area contributed by atoms with E-state index in [2.05, 4.69) is 5.32 Å². The summed E-state index contributed by atoms with van der Waals surface area (Å²) in [5.74, 6) is -1.21. The number of imide groups is 1. The molecular weight excluding hydrogens is 260 g/mol. The van der Waals surface area contributed by atoms with Gasteiger partial charge >= 0.3 is 12.0 Å². The fraction of sp³-hybridized carbons (Fsp3) is 0.357. The Balaban J connectivity index is 2.65. The van der Waals surface area contributed by atoms with Crippen LogP contribution in [0.15, 0.2) is 24.3 Å². The number of hydrogen-bond acceptors (Lipinski definition) is 3. The van der Waals surface area contributed by atoms with Crippen LogP contribution in [0.5, 0.6) is 0 Å². The predicted octanol–water partition coefficient (Wildman–Crippen LogP) is 1.39.